The fourth-order valence-corrected chi connectivity index (χ4v) is 4.85. The molecule has 0 spiro atoms. The molecule has 2 aliphatic rings. The average Bonchev–Trinajstić information content (AvgIpc) is 3.22. The number of carboxylic acid groups (broad SMARTS) is 1. The lowest BCUT2D eigenvalue weighted by molar-refractivity contribution is -0.149. The first-order chi connectivity index (χ1) is 16.9. The van der Waals surface area contributed by atoms with Gasteiger partial charge in [-0.1, -0.05) is 41.9 Å². The number of carbonyl (C=O) groups excluding carboxylic acids is 1. The molecular weight excluding hydrogens is 470 g/mol. The Balaban J connectivity index is 1.29. The number of carbonyl (C=O) groups is 2. The predicted molar refractivity (Wildman–Crippen MR) is 131 cm³/mol. The van der Waals surface area contributed by atoms with Gasteiger partial charge in [-0.15, -0.1) is 0 Å². The molecule has 1 aromatic carbocycles. The third-order valence-electron chi connectivity index (χ3n) is 6.69. The Labute approximate surface area is 207 Å². The van der Waals surface area contributed by atoms with E-state index in [0.717, 1.165) is 24.0 Å². The van der Waals surface area contributed by atoms with E-state index in [1.807, 2.05) is 31.2 Å². The fraction of sp³-hybridized carbons (Fsp3) is 0.385. The summed E-state index contributed by atoms with van der Waals surface area (Å²) in [6.07, 6.45) is 5.22. The van der Waals surface area contributed by atoms with Gasteiger partial charge in [0.2, 0.25) is 0 Å². The number of benzene rings is 1. The summed E-state index contributed by atoms with van der Waals surface area (Å²) in [5.41, 5.74) is 4.97. The number of fused-ring (bicyclic) bond motifs is 1. The highest BCUT2D eigenvalue weighted by atomic mass is 35.5. The zero-order chi connectivity index (χ0) is 24.5. The largest absolute Gasteiger partial charge is 0.481 e. The van der Waals surface area contributed by atoms with Crippen LogP contribution in [0.3, 0.4) is 0 Å². The SMILES string of the molecule is CCOC(=O)C1CC=C(c2ccc(-c3nc4nc(OC5CC(C(=O)O)C5)[nH]c4cc3Cl)cc2)CC1. The highest BCUT2D eigenvalue weighted by Gasteiger charge is 2.36. The molecule has 5 rings (SSSR count). The van der Waals surface area contributed by atoms with E-state index < -0.39 is 5.97 Å². The molecule has 2 N–H and O–H groups in total. The number of nitrogens with one attached hydrogen (secondary N) is 1. The van der Waals surface area contributed by atoms with E-state index in [9.17, 15) is 9.59 Å². The Hall–Kier alpha value is -3.39. The van der Waals surface area contributed by atoms with Crippen LogP contribution in [0.2, 0.25) is 5.02 Å². The molecule has 9 heteroatoms. The van der Waals surface area contributed by atoms with E-state index in [1.54, 1.807) is 6.07 Å². The van der Waals surface area contributed by atoms with E-state index >= 15 is 0 Å². The van der Waals surface area contributed by atoms with Crippen LogP contribution < -0.4 is 4.74 Å². The minimum absolute atomic E-state index is 0.0571. The van der Waals surface area contributed by atoms with Crippen LogP contribution in [0.25, 0.3) is 28.0 Å². The van der Waals surface area contributed by atoms with Crippen molar-refractivity contribution in [3.63, 3.8) is 0 Å². The molecule has 0 bridgehead atoms. The summed E-state index contributed by atoms with van der Waals surface area (Å²) in [5.74, 6) is -1.31. The average molecular weight is 496 g/mol. The Morgan fingerprint density at radius 2 is 1.89 bits per heavy atom. The molecule has 1 atom stereocenters. The molecule has 1 saturated carbocycles. The van der Waals surface area contributed by atoms with Crippen molar-refractivity contribution in [3.05, 3.63) is 47.0 Å². The first-order valence-electron chi connectivity index (χ1n) is 11.8. The quantitative estimate of drug-likeness (QED) is 0.429. The number of pyridine rings is 1. The fourth-order valence-electron chi connectivity index (χ4n) is 4.59. The number of aromatic amines is 1. The maximum absolute atomic E-state index is 12.0. The second-order valence-electron chi connectivity index (χ2n) is 9.01. The summed E-state index contributed by atoms with van der Waals surface area (Å²) in [7, 11) is 0. The number of ether oxygens (including phenoxy) is 2. The normalized spacial score (nSPS) is 21.8. The molecule has 2 aliphatic carbocycles. The number of esters is 1. The molecule has 1 unspecified atom stereocenters. The van der Waals surface area contributed by atoms with Crippen LogP contribution in [0.1, 0.15) is 44.6 Å². The van der Waals surface area contributed by atoms with E-state index in [0.29, 0.717) is 53.8 Å². The van der Waals surface area contributed by atoms with Crippen molar-refractivity contribution in [2.75, 3.05) is 6.61 Å². The summed E-state index contributed by atoms with van der Waals surface area (Å²) in [5, 5.41) is 9.51. The van der Waals surface area contributed by atoms with E-state index in [-0.39, 0.29) is 23.9 Å². The van der Waals surface area contributed by atoms with Crippen LogP contribution in [0.15, 0.2) is 36.4 Å². The Morgan fingerprint density at radius 1 is 1.14 bits per heavy atom. The Morgan fingerprint density at radius 3 is 2.54 bits per heavy atom. The maximum atomic E-state index is 12.0. The second kappa shape index (κ2) is 9.70. The topological polar surface area (TPSA) is 114 Å². The lowest BCUT2D eigenvalue weighted by atomic mass is 9.82. The van der Waals surface area contributed by atoms with Gasteiger partial charge in [0.25, 0.3) is 6.01 Å². The van der Waals surface area contributed by atoms with Crippen LogP contribution in [0.5, 0.6) is 6.01 Å². The summed E-state index contributed by atoms with van der Waals surface area (Å²) >= 11 is 6.53. The van der Waals surface area contributed by atoms with Crippen LogP contribution in [-0.2, 0) is 14.3 Å². The number of halogens is 1. The molecule has 0 amide bonds. The first kappa shape index (κ1) is 23.4. The molecule has 35 heavy (non-hydrogen) atoms. The van der Waals surface area contributed by atoms with Crippen molar-refractivity contribution in [3.8, 4) is 17.3 Å². The van der Waals surface area contributed by atoms with Crippen molar-refractivity contribution < 1.29 is 24.2 Å². The molecule has 182 valence electrons. The van der Waals surface area contributed by atoms with E-state index in [1.165, 1.54) is 5.57 Å². The van der Waals surface area contributed by atoms with Gasteiger partial charge in [0.05, 0.1) is 34.7 Å². The Bertz CT molecular complexity index is 1290. The minimum atomic E-state index is -0.792. The maximum Gasteiger partial charge on any atom is 0.309 e. The van der Waals surface area contributed by atoms with Gasteiger partial charge in [-0.2, -0.15) is 4.98 Å². The van der Waals surface area contributed by atoms with E-state index in [4.69, 9.17) is 26.2 Å². The highest BCUT2D eigenvalue weighted by molar-refractivity contribution is 6.33. The van der Waals surface area contributed by atoms with Crippen LogP contribution in [0.4, 0.5) is 0 Å². The monoisotopic (exact) mass is 495 g/mol. The van der Waals surface area contributed by atoms with Crippen molar-refractivity contribution in [1.82, 2.24) is 15.0 Å². The van der Waals surface area contributed by atoms with Crippen molar-refractivity contribution >= 4 is 40.3 Å². The number of carboxylic acids is 1. The lowest BCUT2D eigenvalue weighted by Crippen LogP contribution is -2.38. The van der Waals surface area contributed by atoms with Gasteiger partial charge >= 0.3 is 11.9 Å². The van der Waals surface area contributed by atoms with Crippen LogP contribution >= 0.6 is 11.6 Å². The van der Waals surface area contributed by atoms with Gasteiger partial charge in [-0.05, 0) is 56.2 Å². The summed E-state index contributed by atoms with van der Waals surface area (Å²) < 4.78 is 10.9. The number of hydrogen-bond donors (Lipinski definition) is 2. The third kappa shape index (κ3) is 4.89. The number of aliphatic carboxylic acids is 1. The third-order valence-corrected chi connectivity index (χ3v) is 6.98. The molecule has 2 heterocycles. The molecule has 8 nitrogen and oxygen atoms in total. The smallest absolute Gasteiger partial charge is 0.309 e. The van der Waals surface area contributed by atoms with Gasteiger partial charge in [-0.25, -0.2) is 4.98 Å². The van der Waals surface area contributed by atoms with Gasteiger partial charge in [0.15, 0.2) is 5.65 Å². The number of nitrogens with zero attached hydrogens (tertiary/aromatic N) is 2. The number of allylic oxidation sites excluding steroid dienone is 2. The number of H-pyrrole nitrogens is 1. The zero-order valence-electron chi connectivity index (χ0n) is 19.3. The van der Waals surface area contributed by atoms with Gasteiger partial charge in [0.1, 0.15) is 6.10 Å². The first-order valence-corrected chi connectivity index (χ1v) is 12.2. The number of aromatic nitrogens is 3. The minimum Gasteiger partial charge on any atom is -0.481 e. The summed E-state index contributed by atoms with van der Waals surface area (Å²) in [4.78, 5) is 35.1. The predicted octanol–water partition coefficient (Wildman–Crippen LogP) is 5.27. The summed E-state index contributed by atoms with van der Waals surface area (Å²) in [6.45, 7) is 2.24. The van der Waals surface area contributed by atoms with E-state index in [2.05, 4.69) is 21.0 Å². The molecule has 1 fully saturated rings. The van der Waals surface area contributed by atoms with Crippen molar-refractivity contribution in [2.45, 2.75) is 45.1 Å². The standard InChI is InChI=1S/C26H26ClN3O5/c1-2-34-25(33)17-9-5-15(6-10-17)14-3-7-16(8-4-14)22-20(27)13-21-23(29-22)30-26(28-21)35-19-11-18(12-19)24(31)32/h3-5,7-8,13,17-19H,2,6,9-12H2,1H3,(H,31,32)(H,28,29,30). The summed E-state index contributed by atoms with van der Waals surface area (Å²) in [6, 6.07) is 10.1. The molecule has 0 saturated heterocycles. The van der Waals surface area contributed by atoms with Crippen molar-refractivity contribution in [2.24, 2.45) is 11.8 Å². The molecule has 3 aromatic rings. The highest BCUT2D eigenvalue weighted by Crippen LogP contribution is 2.35. The molecule has 2 aromatic heterocycles. The number of imidazole rings is 1. The van der Waals surface area contributed by atoms with Crippen LogP contribution in [0, 0.1) is 11.8 Å². The number of hydrogen-bond acceptors (Lipinski definition) is 6. The number of rotatable bonds is 7. The molecular formula is C26H26ClN3O5. The van der Waals surface area contributed by atoms with Crippen molar-refractivity contribution in [1.29, 1.82) is 0 Å². The lowest BCUT2D eigenvalue weighted by Gasteiger charge is -2.31. The molecule has 0 aliphatic heterocycles. The van der Waals surface area contributed by atoms with Gasteiger partial charge < -0.3 is 19.6 Å². The zero-order valence-corrected chi connectivity index (χ0v) is 20.0. The van der Waals surface area contributed by atoms with Gasteiger partial charge in [0, 0.05) is 5.56 Å². The Kier molecular flexibility index (Phi) is 6.47. The molecule has 0 radical (unpaired) electrons. The van der Waals surface area contributed by atoms with Gasteiger partial charge in [-0.3, -0.25) is 9.59 Å². The second-order valence-corrected chi connectivity index (χ2v) is 9.42. The van der Waals surface area contributed by atoms with Crippen LogP contribution in [-0.4, -0.2) is 44.7 Å².